The van der Waals surface area contributed by atoms with Gasteiger partial charge in [0, 0.05) is 57.4 Å². The van der Waals surface area contributed by atoms with Crippen molar-refractivity contribution in [1.29, 1.82) is 0 Å². The van der Waals surface area contributed by atoms with E-state index in [1.807, 2.05) is 6.07 Å². The van der Waals surface area contributed by atoms with Gasteiger partial charge in [-0.05, 0) is 31.0 Å². The smallest absolute Gasteiger partial charge is 0.270 e. The fourth-order valence-corrected chi connectivity index (χ4v) is 5.25. The van der Waals surface area contributed by atoms with Gasteiger partial charge in [-0.2, -0.15) is 4.31 Å². The Morgan fingerprint density at radius 1 is 1.00 bits per heavy atom. The summed E-state index contributed by atoms with van der Waals surface area (Å²) in [5, 5.41) is 0. The van der Waals surface area contributed by atoms with Gasteiger partial charge in [-0.25, -0.2) is 8.42 Å². The summed E-state index contributed by atoms with van der Waals surface area (Å²) < 4.78 is 27.3. The zero-order valence-corrected chi connectivity index (χ0v) is 17.5. The first-order chi connectivity index (χ1) is 14.4. The highest BCUT2D eigenvalue weighted by Crippen LogP contribution is 2.21. The highest BCUT2D eigenvalue weighted by atomic mass is 32.2. The highest BCUT2D eigenvalue weighted by molar-refractivity contribution is 7.89. The van der Waals surface area contributed by atoms with E-state index in [4.69, 9.17) is 0 Å². The molecule has 0 aromatic carbocycles. The minimum atomic E-state index is -3.73. The molecular formula is C20H25N5O4S. The molecule has 4 rings (SSSR count). The van der Waals surface area contributed by atoms with Gasteiger partial charge in [-0.15, -0.1) is 0 Å². The van der Waals surface area contributed by atoms with Gasteiger partial charge in [0.2, 0.25) is 15.9 Å². The molecule has 2 saturated heterocycles. The molecule has 0 atom stereocenters. The van der Waals surface area contributed by atoms with Crippen LogP contribution in [0.25, 0.3) is 0 Å². The molecule has 4 heterocycles. The first kappa shape index (κ1) is 20.5. The number of hydrogen-bond acceptors (Lipinski definition) is 5. The molecular weight excluding hydrogens is 406 g/mol. The number of rotatable bonds is 5. The first-order valence-corrected chi connectivity index (χ1v) is 11.5. The van der Waals surface area contributed by atoms with Gasteiger partial charge >= 0.3 is 0 Å². The van der Waals surface area contributed by atoms with Gasteiger partial charge in [-0.3, -0.25) is 14.6 Å². The van der Waals surface area contributed by atoms with Crippen LogP contribution >= 0.6 is 0 Å². The zero-order chi connectivity index (χ0) is 21.1. The van der Waals surface area contributed by atoms with Crippen LogP contribution in [-0.4, -0.2) is 83.6 Å². The monoisotopic (exact) mass is 431 g/mol. The molecule has 2 aromatic heterocycles. The molecule has 0 unspecified atom stereocenters. The van der Waals surface area contributed by atoms with E-state index in [0.717, 1.165) is 12.8 Å². The Balaban J connectivity index is 1.37. The van der Waals surface area contributed by atoms with Crippen LogP contribution in [0, 0.1) is 0 Å². The second kappa shape index (κ2) is 8.57. The van der Waals surface area contributed by atoms with E-state index < -0.39 is 10.0 Å². The maximum absolute atomic E-state index is 13.0. The minimum absolute atomic E-state index is 0.0640. The fraction of sp³-hybridized carbons (Fsp3) is 0.450. The Labute approximate surface area is 175 Å². The van der Waals surface area contributed by atoms with Crippen molar-refractivity contribution in [3.8, 4) is 0 Å². The molecule has 2 aliphatic heterocycles. The lowest BCUT2D eigenvalue weighted by Gasteiger charge is -2.33. The highest BCUT2D eigenvalue weighted by Gasteiger charge is 2.32. The van der Waals surface area contributed by atoms with Crippen molar-refractivity contribution >= 4 is 21.8 Å². The number of carbonyl (C=O) groups excluding carboxylic acids is 2. The van der Waals surface area contributed by atoms with Crippen LogP contribution in [0.2, 0.25) is 0 Å². The molecule has 9 nitrogen and oxygen atoms in total. The Morgan fingerprint density at radius 2 is 1.73 bits per heavy atom. The van der Waals surface area contributed by atoms with Crippen molar-refractivity contribution in [1.82, 2.24) is 24.1 Å². The largest absolute Gasteiger partial charge is 0.356 e. The van der Waals surface area contributed by atoms with E-state index >= 15 is 0 Å². The number of pyridine rings is 1. The summed E-state index contributed by atoms with van der Waals surface area (Å²) in [6.07, 6.45) is 5.17. The maximum atomic E-state index is 13.0. The Kier molecular flexibility index (Phi) is 5.87. The molecule has 2 aliphatic rings. The van der Waals surface area contributed by atoms with Gasteiger partial charge in [0.15, 0.2) is 0 Å². The molecule has 10 heteroatoms. The SMILES string of the molecule is O=C(Cc1ccccn1)N1CCN(S(=O)(=O)c2c[nH]c(C(=O)N3CCCC3)c2)CC1. The van der Waals surface area contributed by atoms with Gasteiger partial charge in [-0.1, -0.05) is 6.07 Å². The fourth-order valence-electron chi connectivity index (χ4n) is 3.83. The molecule has 0 spiro atoms. The van der Waals surface area contributed by atoms with Gasteiger partial charge in [0.25, 0.3) is 5.91 Å². The minimum Gasteiger partial charge on any atom is -0.356 e. The lowest BCUT2D eigenvalue weighted by Crippen LogP contribution is -2.50. The van der Waals surface area contributed by atoms with Crippen molar-refractivity contribution in [2.75, 3.05) is 39.3 Å². The van der Waals surface area contributed by atoms with Crippen LogP contribution in [-0.2, 0) is 21.2 Å². The number of sulfonamides is 1. The lowest BCUT2D eigenvalue weighted by atomic mass is 10.2. The third kappa shape index (κ3) is 4.24. The Hall–Kier alpha value is -2.72. The molecule has 160 valence electrons. The number of H-pyrrole nitrogens is 1. The van der Waals surface area contributed by atoms with Gasteiger partial charge in [0.05, 0.1) is 6.42 Å². The van der Waals surface area contributed by atoms with Crippen molar-refractivity contribution in [3.05, 3.63) is 48.0 Å². The summed E-state index contributed by atoms with van der Waals surface area (Å²) in [7, 11) is -3.73. The molecule has 0 saturated carbocycles. The average Bonchev–Trinajstić information content (AvgIpc) is 3.47. The van der Waals surface area contributed by atoms with E-state index in [1.165, 1.54) is 16.6 Å². The van der Waals surface area contributed by atoms with E-state index in [1.54, 1.807) is 28.1 Å². The number of nitrogens with one attached hydrogen (secondary N) is 1. The summed E-state index contributed by atoms with van der Waals surface area (Å²) in [5.74, 6) is -0.232. The third-order valence-electron chi connectivity index (χ3n) is 5.57. The van der Waals surface area contributed by atoms with E-state index in [0.29, 0.717) is 37.6 Å². The average molecular weight is 432 g/mol. The van der Waals surface area contributed by atoms with Crippen LogP contribution in [0.5, 0.6) is 0 Å². The number of carbonyl (C=O) groups is 2. The number of aromatic nitrogens is 2. The normalized spacial score (nSPS) is 18.0. The molecule has 2 fully saturated rings. The van der Waals surface area contributed by atoms with Crippen molar-refractivity contribution in [2.45, 2.75) is 24.2 Å². The van der Waals surface area contributed by atoms with Crippen LogP contribution in [0.15, 0.2) is 41.6 Å². The molecule has 2 aromatic rings. The van der Waals surface area contributed by atoms with E-state index in [2.05, 4.69) is 9.97 Å². The lowest BCUT2D eigenvalue weighted by molar-refractivity contribution is -0.131. The first-order valence-electron chi connectivity index (χ1n) is 10.1. The number of amides is 2. The maximum Gasteiger partial charge on any atom is 0.270 e. The summed E-state index contributed by atoms with van der Waals surface area (Å²) in [6, 6.07) is 6.84. The number of aromatic amines is 1. The van der Waals surface area contributed by atoms with E-state index in [9.17, 15) is 18.0 Å². The van der Waals surface area contributed by atoms with Crippen LogP contribution < -0.4 is 0 Å². The predicted octanol–water partition coefficient (Wildman–Crippen LogP) is 0.721. The van der Waals surface area contributed by atoms with Crippen LogP contribution in [0.3, 0.4) is 0 Å². The number of hydrogen-bond donors (Lipinski definition) is 1. The summed E-state index contributed by atoms with van der Waals surface area (Å²) >= 11 is 0. The summed E-state index contributed by atoms with van der Waals surface area (Å²) in [4.78, 5) is 35.4. The van der Waals surface area contributed by atoms with Crippen LogP contribution in [0.1, 0.15) is 29.0 Å². The number of likely N-dealkylation sites (tertiary alicyclic amines) is 1. The van der Waals surface area contributed by atoms with E-state index in [-0.39, 0.29) is 36.2 Å². The quantitative estimate of drug-likeness (QED) is 0.751. The van der Waals surface area contributed by atoms with Crippen molar-refractivity contribution in [2.24, 2.45) is 0 Å². The van der Waals surface area contributed by atoms with Crippen molar-refractivity contribution in [3.63, 3.8) is 0 Å². The molecule has 0 bridgehead atoms. The predicted molar refractivity (Wildman–Crippen MR) is 109 cm³/mol. The summed E-state index contributed by atoms with van der Waals surface area (Å²) in [5.41, 5.74) is 0.986. The Morgan fingerprint density at radius 3 is 2.40 bits per heavy atom. The molecule has 30 heavy (non-hydrogen) atoms. The molecule has 1 N–H and O–H groups in total. The van der Waals surface area contributed by atoms with Gasteiger partial charge < -0.3 is 14.8 Å². The number of piperazine rings is 1. The van der Waals surface area contributed by atoms with Gasteiger partial charge in [0.1, 0.15) is 10.6 Å². The topological polar surface area (TPSA) is 107 Å². The zero-order valence-electron chi connectivity index (χ0n) is 16.7. The number of nitrogens with zero attached hydrogens (tertiary/aromatic N) is 4. The third-order valence-corrected chi connectivity index (χ3v) is 7.44. The molecule has 0 aliphatic carbocycles. The summed E-state index contributed by atoms with van der Waals surface area (Å²) in [6.45, 7) is 2.50. The van der Waals surface area contributed by atoms with Crippen LogP contribution in [0.4, 0.5) is 0 Å². The molecule has 0 radical (unpaired) electrons. The second-order valence-electron chi connectivity index (χ2n) is 7.53. The standard InChI is InChI=1S/C20H25N5O4S/c26-19(13-16-5-1-2-6-21-16)23-9-11-25(12-10-23)30(28,29)17-14-18(22-15-17)20(27)24-7-3-4-8-24/h1-2,5-6,14-15,22H,3-4,7-13H2. The second-order valence-corrected chi connectivity index (χ2v) is 9.47. The molecule has 2 amide bonds. The van der Waals surface area contributed by atoms with Crippen molar-refractivity contribution < 1.29 is 18.0 Å². The Bertz CT molecular complexity index is 1010.